The first kappa shape index (κ1) is 15.9. The molecule has 1 N–H and O–H groups in total. The molecule has 1 fully saturated rings. The highest BCUT2D eigenvalue weighted by Crippen LogP contribution is 2.36. The van der Waals surface area contributed by atoms with Crippen LogP contribution in [0, 0.1) is 6.92 Å². The van der Waals surface area contributed by atoms with E-state index < -0.39 is 17.8 Å². The molecule has 0 spiro atoms. The van der Waals surface area contributed by atoms with Gasteiger partial charge in [0.1, 0.15) is 0 Å². The maximum Gasteiger partial charge on any atom is 0.416 e. The minimum Gasteiger partial charge on any atom is -0.392 e. The second-order valence-electron chi connectivity index (χ2n) is 5.69. The lowest BCUT2D eigenvalue weighted by atomic mass is 10.0. The van der Waals surface area contributed by atoms with Crippen molar-refractivity contribution in [2.24, 2.45) is 0 Å². The van der Waals surface area contributed by atoms with E-state index in [-0.39, 0.29) is 6.04 Å². The van der Waals surface area contributed by atoms with Crippen molar-refractivity contribution in [1.29, 1.82) is 0 Å². The second-order valence-corrected chi connectivity index (χ2v) is 5.69. The van der Waals surface area contributed by atoms with Crippen molar-refractivity contribution in [3.05, 3.63) is 47.1 Å². The Kier molecular flexibility index (Phi) is 4.11. The zero-order valence-corrected chi connectivity index (χ0v) is 12.4. The molecule has 1 aromatic heterocycles. The van der Waals surface area contributed by atoms with Crippen molar-refractivity contribution >= 4 is 0 Å². The molecule has 0 bridgehead atoms. The van der Waals surface area contributed by atoms with Crippen LogP contribution in [0.25, 0.3) is 0 Å². The number of likely N-dealkylation sites (tertiary alicyclic amines) is 1. The van der Waals surface area contributed by atoms with E-state index in [2.05, 4.69) is 10.1 Å². The van der Waals surface area contributed by atoms with Gasteiger partial charge in [-0.2, -0.15) is 18.2 Å². The largest absolute Gasteiger partial charge is 0.416 e. The number of aliphatic hydroxyl groups is 1. The van der Waals surface area contributed by atoms with Crippen molar-refractivity contribution in [2.45, 2.75) is 38.2 Å². The fourth-order valence-corrected chi connectivity index (χ4v) is 2.91. The van der Waals surface area contributed by atoms with Crippen molar-refractivity contribution in [2.75, 3.05) is 6.54 Å². The van der Waals surface area contributed by atoms with Crippen LogP contribution < -0.4 is 0 Å². The van der Waals surface area contributed by atoms with Gasteiger partial charge in [-0.1, -0.05) is 17.3 Å². The molecular formula is C15H16F3N3O2. The topological polar surface area (TPSA) is 62.4 Å². The maximum absolute atomic E-state index is 12.9. The van der Waals surface area contributed by atoms with Crippen LogP contribution in [0.3, 0.4) is 0 Å². The minimum atomic E-state index is -4.39. The van der Waals surface area contributed by atoms with Gasteiger partial charge in [0.15, 0.2) is 5.82 Å². The van der Waals surface area contributed by atoms with Crippen LogP contribution in [0.1, 0.15) is 35.3 Å². The van der Waals surface area contributed by atoms with E-state index >= 15 is 0 Å². The third-order valence-electron chi connectivity index (χ3n) is 3.89. The number of benzene rings is 1. The summed E-state index contributed by atoms with van der Waals surface area (Å²) in [6, 6.07) is 4.90. The van der Waals surface area contributed by atoms with E-state index in [1.54, 1.807) is 13.0 Å². The molecule has 8 heteroatoms. The number of rotatable bonds is 3. The Morgan fingerprint density at radius 2 is 2.17 bits per heavy atom. The Hall–Kier alpha value is -1.93. The first-order valence-corrected chi connectivity index (χ1v) is 7.21. The van der Waals surface area contributed by atoms with Gasteiger partial charge in [0, 0.05) is 19.5 Å². The summed E-state index contributed by atoms with van der Waals surface area (Å²) < 4.78 is 43.6. The molecule has 0 saturated carbocycles. The number of aryl methyl sites for hydroxylation is 1. The molecule has 2 aromatic rings. The van der Waals surface area contributed by atoms with Gasteiger partial charge in [-0.05, 0) is 24.1 Å². The summed E-state index contributed by atoms with van der Waals surface area (Å²) in [5, 5.41) is 13.7. The Bertz CT molecular complexity index is 687. The molecule has 0 radical (unpaired) electrons. The highest BCUT2D eigenvalue weighted by atomic mass is 19.4. The van der Waals surface area contributed by atoms with Crippen LogP contribution >= 0.6 is 0 Å². The Labute approximate surface area is 130 Å². The summed E-state index contributed by atoms with van der Waals surface area (Å²) in [7, 11) is 0. The normalized spacial score (nSPS) is 22.7. The SMILES string of the molecule is Cc1nc(CN2C[C@H](O)C[C@H]2c2cccc(C(F)(F)F)c2)no1. The molecule has 1 saturated heterocycles. The van der Waals surface area contributed by atoms with Gasteiger partial charge in [0.05, 0.1) is 18.2 Å². The number of hydrogen-bond donors (Lipinski definition) is 1. The van der Waals surface area contributed by atoms with Crippen LogP contribution in [0.5, 0.6) is 0 Å². The number of nitrogens with zero attached hydrogens (tertiary/aromatic N) is 3. The van der Waals surface area contributed by atoms with Crippen LogP contribution in [0.15, 0.2) is 28.8 Å². The number of aliphatic hydroxyl groups excluding tert-OH is 1. The van der Waals surface area contributed by atoms with Crippen LogP contribution in [0.4, 0.5) is 13.2 Å². The van der Waals surface area contributed by atoms with Gasteiger partial charge in [-0.3, -0.25) is 4.90 Å². The first-order chi connectivity index (χ1) is 10.8. The standard InChI is InChI=1S/C15H16F3N3O2/c1-9-19-14(20-23-9)8-21-7-12(22)6-13(21)10-3-2-4-11(5-10)15(16,17)18/h2-5,12-13,22H,6-8H2,1H3/t12-,13+/m1/s1. The summed E-state index contributed by atoms with van der Waals surface area (Å²) in [6.07, 6.45) is -4.61. The van der Waals surface area contributed by atoms with Gasteiger partial charge in [0.25, 0.3) is 0 Å². The molecule has 2 atom stereocenters. The van der Waals surface area contributed by atoms with E-state index in [0.717, 1.165) is 12.1 Å². The van der Waals surface area contributed by atoms with E-state index in [1.807, 2.05) is 4.90 Å². The molecule has 0 aliphatic carbocycles. The van der Waals surface area contributed by atoms with Gasteiger partial charge >= 0.3 is 6.18 Å². The van der Waals surface area contributed by atoms with Gasteiger partial charge in [-0.25, -0.2) is 0 Å². The number of alkyl halides is 3. The first-order valence-electron chi connectivity index (χ1n) is 7.21. The van der Waals surface area contributed by atoms with Crippen molar-refractivity contribution in [1.82, 2.24) is 15.0 Å². The number of halogens is 3. The average molecular weight is 327 g/mol. The van der Waals surface area contributed by atoms with E-state index in [9.17, 15) is 18.3 Å². The molecule has 124 valence electrons. The lowest BCUT2D eigenvalue weighted by molar-refractivity contribution is -0.137. The number of aromatic nitrogens is 2. The Morgan fingerprint density at radius 3 is 2.83 bits per heavy atom. The Morgan fingerprint density at radius 1 is 1.39 bits per heavy atom. The maximum atomic E-state index is 12.9. The quantitative estimate of drug-likeness (QED) is 0.939. The fraction of sp³-hybridized carbons (Fsp3) is 0.467. The molecule has 1 aliphatic heterocycles. The number of hydrogen-bond acceptors (Lipinski definition) is 5. The molecule has 3 rings (SSSR count). The molecular weight excluding hydrogens is 311 g/mol. The Balaban J connectivity index is 1.84. The van der Waals surface area contributed by atoms with Gasteiger partial charge < -0.3 is 9.63 Å². The lowest BCUT2D eigenvalue weighted by Crippen LogP contribution is -2.25. The van der Waals surface area contributed by atoms with Crippen molar-refractivity contribution in [3.8, 4) is 0 Å². The van der Waals surface area contributed by atoms with Crippen LogP contribution in [-0.4, -0.2) is 32.8 Å². The molecule has 23 heavy (non-hydrogen) atoms. The minimum absolute atomic E-state index is 0.314. The molecule has 5 nitrogen and oxygen atoms in total. The van der Waals surface area contributed by atoms with E-state index in [1.165, 1.54) is 6.07 Å². The smallest absolute Gasteiger partial charge is 0.392 e. The van der Waals surface area contributed by atoms with E-state index in [0.29, 0.717) is 36.8 Å². The van der Waals surface area contributed by atoms with Crippen LogP contribution in [-0.2, 0) is 12.7 Å². The summed E-state index contributed by atoms with van der Waals surface area (Å²) in [6.45, 7) is 2.34. The zero-order chi connectivity index (χ0) is 16.6. The predicted molar refractivity (Wildman–Crippen MR) is 74.3 cm³/mol. The van der Waals surface area contributed by atoms with Crippen molar-refractivity contribution < 1.29 is 22.8 Å². The highest BCUT2D eigenvalue weighted by Gasteiger charge is 2.35. The van der Waals surface area contributed by atoms with E-state index in [4.69, 9.17) is 4.52 Å². The summed E-state index contributed by atoms with van der Waals surface area (Å²) >= 11 is 0. The lowest BCUT2D eigenvalue weighted by Gasteiger charge is -2.23. The summed E-state index contributed by atoms with van der Waals surface area (Å²) in [4.78, 5) is 5.97. The fourth-order valence-electron chi connectivity index (χ4n) is 2.91. The predicted octanol–water partition coefficient (Wildman–Crippen LogP) is 2.70. The second kappa shape index (κ2) is 5.93. The monoisotopic (exact) mass is 327 g/mol. The third-order valence-corrected chi connectivity index (χ3v) is 3.89. The molecule has 1 aromatic carbocycles. The molecule has 1 aliphatic rings. The molecule has 0 unspecified atom stereocenters. The summed E-state index contributed by atoms with van der Waals surface area (Å²) in [5.41, 5.74) is -0.164. The molecule has 2 heterocycles. The van der Waals surface area contributed by atoms with Crippen molar-refractivity contribution in [3.63, 3.8) is 0 Å². The average Bonchev–Trinajstić information content (AvgIpc) is 3.04. The molecule has 0 amide bonds. The van der Waals surface area contributed by atoms with Crippen LogP contribution in [0.2, 0.25) is 0 Å². The number of β-amino-alcohol motifs (C(OH)–C–C–N with tert-alkyl or cyclic N) is 1. The summed E-state index contributed by atoms with van der Waals surface area (Å²) in [5.74, 6) is 0.879. The van der Waals surface area contributed by atoms with Gasteiger partial charge in [0.2, 0.25) is 5.89 Å². The highest BCUT2D eigenvalue weighted by molar-refractivity contribution is 5.29. The zero-order valence-electron chi connectivity index (χ0n) is 12.4. The third kappa shape index (κ3) is 3.53. The van der Waals surface area contributed by atoms with Gasteiger partial charge in [-0.15, -0.1) is 0 Å².